The molecule has 4 rings (SSSR count). The van der Waals surface area contributed by atoms with Crippen LogP contribution in [0.5, 0.6) is 5.75 Å². The number of carbonyl (C=O) groups is 2. The third-order valence-corrected chi connectivity index (χ3v) is 8.15. The summed E-state index contributed by atoms with van der Waals surface area (Å²) in [5.74, 6) is -0.587. The van der Waals surface area contributed by atoms with Crippen molar-refractivity contribution in [3.63, 3.8) is 0 Å². The van der Waals surface area contributed by atoms with Gasteiger partial charge < -0.3 is 15.8 Å². The Labute approximate surface area is 199 Å². The lowest BCUT2D eigenvalue weighted by molar-refractivity contribution is -0.125. The minimum Gasteiger partial charge on any atom is -0.492 e. The molecule has 0 bridgehead atoms. The molecular weight excluding hydrogens is 456 g/mol. The third-order valence-electron chi connectivity index (χ3n) is 6.23. The van der Waals surface area contributed by atoms with E-state index in [1.165, 1.54) is 10.4 Å². The van der Waals surface area contributed by atoms with Gasteiger partial charge in [0.25, 0.3) is 0 Å². The lowest BCUT2D eigenvalue weighted by Crippen LogP contribution is -2.50. The number of primary amides is 1. The molecule has 0 unspecified atom stereocenters. The van der Waals surface area contributed by atoms with Gasteiger partial charge in [-0.25, -0.2) is 8.42 Å². The van der Waals surface area contributed by atoms with Crippen LogP contribution in [-0.2, 0) is 32.6 Å². The summed E-state index contributed by atoms with van der Waals surface area (Å²) in [6, 6.07) is 11.8. The molecule has 2 aromatic carbocycles. The van der Waals surface area contributed by atoms with Gasteiger partial charge in [-0.2, -0.15) is 4.31 Å². The average Bonchev–Trinajstić information content (AvgIpc) is 3.35. The van der Waals surface area contributed by atoms with Gasteiger partial charge in [-0.1, -0.05) is 24.3 Å². The number of ether oxygens (including phenoxy) is 1. The average molecular weight is 487 g/mol. The van der Waals surface area contributed by atoms with E-state index >= 15 is 0 Å². The molecule has 1 saturated heterocycles. The predicted octanol–water partition coefficient (Wildman–Crippen LogP) is 1.72. The molecule has 2 aliphatic rings. The molecule has 0 spiro atoms. The zero-order chi connectivity index (χ0) is 24.3. The maximum absolute atomic E-state index is 13.2. The molecule has 2 amide bonds. The summed E-state index contributed by atoms with van der Waals surface area (Å²) in [6.07, 6.45) is 2.08. The van der Waals surface area contributed by atoms with Gasteiger partial charge in [0.2, 0.25) is 21.8 Å². The fraction of sp³-hybridized carbons (Fsp3) is 0.417. The standard InChI is InChI=1S/C24H30N4O5S/c1-2-33-21-10-9-19(14-22(21)34(31,32)28-11-5-6-12-28)26-23(29)16-27-15-18-8-4-3-7-17(18)13-20(27)24(25)30/h3-4,7-10,14,20H,2,5-6,11-13,15-16H2,1H3,(H2,25,30)(H,26,29)/t20-/m0/s1. The predicted molar refractivity (Wildman–Crippen MR) is 128 cm³/mol. The number of nitrogens with two attached hydrogens (primary N) is 1. The second-order valence-electron chi connectivity index (χ2n) is 8.55. The van der Waals surface area contributed by atoms with E-state index < -0.39 is 22.0 Å². The number of amides is 2. The maximum atomic E-state index is 13.2. The fourth-order valence-electron chi connectivity index (χ4n) is 4.54. The minimum atomic E-state index is -3.75. The summed E-state index contributed by atoms with van der Waals surface area (Å²) in [5.41, 5.74) is 8.06. The highest BCUT2D eigenvalue weighted by Crippen LogP contribution is 2.32. The van der Waals surface area contributed by atoms with E-state index in [0.717, 1.165) is 24.0 Å². The Kier molecular flexibility index (Phi) is 7.20. The molecule has 34 heavy (non-hydrogen) atoms. The van der Waals surface area contributed by atoms with Crippen molar-refractivity contribution in [1.82, 2.24) is 9.21 Å². The van der Waals surface area contributed by atoms with E-state index in [4.69, 9.17) is 10.5 Å². The molecule has 1 fully saturated rings. The molecule has 0 aliphatic carbocycles. The van der Waals surface area contributed by atoms with Crippen LogP contribution in [0.4, 0.5) is 5.69 Å². The van der Waals surface area contributed by atoms with Gasteiger partial charge in [0.05, 0.1) is 19.2 Å². The number of anilines is 1. The van der Waals surface area contributed by atoms with E-state index in [2.05, 4.69) is 5.32 Å². The van der Waals surface area contributed by atoms with Crippen LogP contribution >= 0.6 is 0 Å². The number of fused-ring (bicyclic) bond motifs is 1. The van der Waals surface area contributed by atoms with Gasteiger partial charge in [0, 0.05) is 25.3 Å². The number of hydrogen-bond donors (Lipinski definition) is 2. The summed E-state index contributed by atoms with van der Waals surface area (Å²) in [7, 11) is -3.75. The zero-order valence-corrected chi connectivity index (χ0v) is 20.0. The first-order chi connectivity index (χ1) is 16.3. The van der Waals surface area contributed by atoms with Crippen molar-refractivity contribution < 1.29 is 22.7 Å². The minimum absolute atomic E-state index is 0.0379. The first-order valence-corrected chi connectivity index (χ1v) is 12.9. The second-order valence-corrected chi connectivity index (χ2v) is 10.5. The van der Waals surface area contributed by atoms with Crippen LogP contribution in [0.25, 0.3) is 0 Å². The van der Waals surface area contributed by atoms with Crippen LogP contribution in [-0.4, -0.2) is 61.7 Å². The Morgan fingerprint density at radius 1 is 1.12 bits per heavy atom. The molecule has 2 heterocycles. The van der Waals surface area contributed by atoms with E-state index in [1.54, 1.807) is 24.0 Å². The summed E-state index contributed by atoms with van der Waals surface area (Å²) in [4.78, 5) is 26.7. The van der Waals surface area contributed by atoms with Crippen molar-refractivity contribution in [3.8, 4) is 5.75 Å². The van der Waals surface area contributed by atoms with Crippen molar-refractivity contribution in [2.24, 2.45) is 5.73 Å². The van der Waals surface area contributed by atoms with E-state index in [0.29, 0.717) is 38.3 Å². The number of hydrogen-bond acceptors (Lipinski definition) is 6. The molecule has 10 heteroatoms. The normalized spacial score (nSPS) is 18.9. The monoisotopic (exact) mass is 486 g/mol. The quantitative estimate of drug-likeness (QED) is 0.586. The number of benzene rings is 2. The molecule has 182 valence electrons. The molecule has 1 atom stereocenters. The van der Waals surface area contributed by atoms with Gasteiger partial charge in [0.1, 0.15) is 10.6 Å². The van der Waals surface area contributed by atoms with Crippen LogP contribution < -0.4 is 15.8 Å². The Balaban J connectivity index is 1.53. The third kappa shape index (κ3) is 5.08. The fourth-order valence-corrected chi connectivity index (χ4v) is 6.21. The van der Waals surface area contributed by atoms with Crippen LogP contribution in [0.15, 0.2) is 47.4 Å². The summed E-state index contributed by atoms with van der Waals surface area (Å²) in [6.45, 7) is 3.41. The van der Waals surface area contributed by atoms with Crippen molar-refractivity contribution >= 4 is 27.5 Å². The van der Waals surface area contributed by atoms with Gasteiger partial charge in [-0.3, -0.25) is 14.5 Å². The van der Waals surface area contributed by atoms with Crippen LogP contribution in [0.1, 0.15) is 30.9 Å². The summed E-state index contributed by atoms with van der Waals surface area (Å²) in [5, 5.41) is 2.77. The Morgan fingerprint density at radius 2 is 1.82 bits per heavy atom. The van der Waals surface area contributed by atoms with Crippen LogP contribution in [0.3, 0.4) is 0 Å². The van der Waals surface area contributed by atoms with Crippen LogP contribution in [0.2, 0.25) is 0 Å². The Morgan fingerprint density at radius 3 is 2.50 bits per heavy atom. The summed E-state index contributed by atoms with van der Waals surface area (Å²) < 4.78 is 33.4. The van der Waals surface area contributed by atoms with E-state index in [-0.39, 0.29) is 23.1 Å². The topological polar surface area (TPSA) is 122 Å². The SMILES string of the molecule is CCOc1ccc(NC(=O)CN2Cc3ccccc3C[C@H]2C(N)=O)cc1S(=O)(=O)N1CCCC1. The molecule has 9 nitrogen and oxygen atoms in total. The second kappa shape index (κ2) is 10.1. The van der Waals surface area contributed by atoms with Crippen LogP contribution in [0, 0.1) is 0 Å². The molecule has 0 saturated carbocycles. The Hall–Kier alpha value is -2.95. The number of rotatable bonds is 8. The first-order valence-electron chi connectivity index (χ1n) is 11.5. The van der Waals surface area contributed by atoms with Gasteiger partial charge in [-0.15, -0.1) is 0 Å². The van der Waals surface area contributed by atoms with Gasteiger partial charge >= 0.3 is 0 Å². The smallest absolute Gasteiger partial charge is 0.246 e. The lowest BCUT2D eigenvalue weighted by Gasteiger charge is -2.34. The van der Waals surface area contributed by atoms with Crippen molar-refractivity contribution in [3.05, 3.63) is 53.6 Å². The summed E-state index contributed by atoms with van der Waals surface area (Å²) >= 11 is 0. The molecule has 2 aromatic rings. The zero-order valence-electron chi connectivity index (χ0n) is 19.2. The highest BCUT2D eigenvalue weighted by molar-refractivity contribution is 7.89. The van der Waals surface area contributed by atoms with Gasteiger partial charge in [-0.05, 0) is 55.5 Å². The molecule has 2 aliphatic heterocycles. The highest BCUT2D eigenvalue weighted by atomic mass is 32.2. The molecule has 0 aromatic heterocycles. The van der Waals surface area contributed by atoms with Crippen molar-refractivity contribution in [2.45, 2.75) is 43.7 Å². The lowest BCUT2D eigenvalue weighted by atomic mass is 9.93. The van der Waals surface area contributed by atoms with Gasteiger partial charge in [0.15, 0.2) is 0 Å². The highest BCUT2D eigenvalue weighted by Gasteiger charge is 2.32. The molecule has 0 radical (unpaired) electrons. The number of nitrogens with zero attached hydrogens (tertiary/aromatic N) is 2. The first kappa shape index (κ1) is 24.2. The molecular formula is C24H30N4O5S. The van der Waals surface area contributed by atoms with E-state index in [9.17, 15) is 18.0 Å². The van der Waals surface area contributed by atoms with E-state index in [1.807, 2.05) is 24.3 Å². The number of carbonyl (C=O) groups excluding carboxylic acids is 2. The van der Waals surface area contributed by atoms with Crippen molar-refractivity contribution in [1.29, 1.82) is 0 Å². The molecule has 3 N–H and O–H groups in total. The van der Waals surface area contributed by atoms with Crippen molar-refractivity contribution in [2.75, 3.05) is 31.6 Å². The largest absolute Gasteiger partial charge is 0.492 e. The Bertz CT molecular complexity index is 1180. The number of nitrogens with one attached hydrogen (secondary N) is 1. The number of sulfonamides is 1. The maximum Gasteiger partial charge on any atom is 0.246 e.